The second-order valence-corrected chi connectivity index (χ2v) is 7.67. The van der Waals surface area contributed by atoms with Crippen LogP contribution in [-0.2, 0) is 4.79 Å². The number of unbranched alkanes of at least 4 members (excludes halogenated alkanes) is 2. The van der Waals surface area contributed by atoms with Crippen LogP contribution in [0.5, 0.6) is 0 Å². The fourth-order valence-corrected chi connectivity index (χ4v) is 3.52. The SMILES string of the molecule is C=C1/C(=C\C(=C/C)C(C)=O)C=C(CCCCCC(C)C)CC1CS. The van der Waals surface area contributed by atoms with Crippen molar-refractivity contribution >= 4 is 18.4 Å². The van der Waals surface area contributed by atoms with Gasteiger partial charge in [-0.1, -0.05) is 57.4 Å². The van der Waals surface area contributed by atoms with E-state index in [1.807, 2.05) is 19.1 Å². The molecule has 0 bridgehead atoms. The van der Waals surface area contributed by atoms with Gasteiger partial charge < -0.3 is 0 Å². The molecule has 0 radical (unpaired) electrons. The second-order valence-electron chi connectivity index (χ2n) is 7.30. The fraction of sp³-hybridized carbons (Fsp3) is 0.591. The smallest absolute Gasteiger partial charge is 0.159 e. The Morgan fingerprint density at radius 1 is 1.38 bits per heavy atom. The summed E-state index contributed by atoms with van der Waals surface area (Å²) in [6.07, 6.45) is 13.6. The van der Waals surface area contributed by atoms with E-state index in [-0.39, 0.29) is 5.78 Å². The Balaban J connectivity index is 2.80. The molecule has 0 amide bonds. The summed E-state index contributed by atoms with van der Waals surface area (Å²) in [5.41, 5.74) is 4.48. The van der Waals surface area contributed by atoms with Crippen LogP contribution in [0.3, 0.4) is 0 Å². The molecule has 1 unspecified atom stereocenters. The molecule has 1 aliphatic rings. The summed E-state index contributed by atoms with van der Waals surface area (Å²) < 4.78 is 0. The topological polar surface area (TPSA) is 17.1 Å². The first-order valence-corrected chi connectivity index (χ1v) is 9.90. The van der Waals surface area contributed by atoms with Crippen molar-refractivity contribution < 1.29 is 4.79 Å². The lowest BCUT2D eigenvalue weighted by Crippen LogP contribution is -2.14. The predicted octanol–water partition coefficient (Wildman–Crippen LogP) is 6.49. The maximum atomic E-state index is 11.7. The van der Waals surface area contributed by atoms with Crippen LogP contribution in [0.2, 0.25) is 0 Å². The third kappa shape index (κ3) is 6.84. The van der Waals surface area contributed by atoms with Crippen LogP contribution in [0, 0.1) is 11.8 Å². The van der Waals surface area contributed by atoms with E-state index in [4.69, 9.17) is 0 Å². The Morgan fingerprint density at radius 2 is 2.08 bits per heavy atom. The molecule has 1 rings (SSSR count). The van der Waals surface area contributed by atoms with Crippen LogP contribution in [0.15, 0.2) is 47.1 Å². The van der Waals surface area contributed by atoms with Crippen molar-refractivity contribution in [3.05, 3.63) is 47.1 Å². The predicted molar refractivity (Wildman–Crippen MR) is 110 cm³/mol. The second kappa shape index (κ2) is 10.8. The molecule has 1 atom stereocenters. The zero-order valence-electron chi connectivity index (χ0n) is 15.9. The van der Waals surface area contributed by atoms with Gasteiger partial charge in [0.25, 0.3) is 0 Å². The number of allylic oxidation sites excluding steroid dienone is 7. The largest absolute Gasteiger partial charge is 0.295 e. The summed E-state index contributed by atoms with van der Waals surface area (Å²) in [6.45, 7) is 12.4. The molecule has 0 aromatic rings. The highest BCUT2D eigenvalue weighted by Crippen LogP contribution is 2.35. The van der Waals surface area contributed by atoms with Gasteiger partial charge in [-0.15, -0.1) is 0 Å². The maximum absolute atomic E-state index is 11.7. The quantitative estimate of drug-likeness (QED) is 0.287. The molecule has 0 saturated heterocycles. The van der Waals surface area contributed by atoms with Crippen molar-refractivity contribution in [1.82, 2.24) is 0 Å². The Hall–Kier alpha value is -1.02. The molecule has 1 nitrogen and oxygen atoms in total. The van der Waals surface area contributed by atoms with Crippen LogP contribution in [0.1, 0.15) is 66.2 Å². The number of rotatable bonds is 9. The number of hydrogen-bond acceptors (Lipinski definition) is 2. The third-order valence-electron chi connectivity index (χ3n) is 4.76. The molecule has 24 heavy (non-hydrogen) atoms. The Bertz CT molecular complexity index is 534. The van der Waals surface area contributed by atoms with Gasteiger partial charge in [-0.2, -0.15) is 12.6 Å². The summed E-state index contributed by atoms with van der Waals surface area (Å²) in [4.78, 5) is 11.7. The van der Waals surface area contributed by atoms with E-state index in [0.717, 1.165) is 41.2 Å². The van der Waals surface area contributed by atoms with E-state index < -0.39 is 0 Å². The lowest BCUT2D eigenvalue weighted by Gasteiger charge is -2.26. The lowest BCUT2D eigenvalue weighted by molar-refractivity contribution is -0.113. The molecule has 0 heterocycles. The van der Waals surface area contributed by atoms with E-state index in [0.29, 0.717) is 5.92 Å². The molecule has 0 N–H and O–H groups in total. The summed E-state index contributed by atoms with van der Waals surface area (Å²) in [5.74, 6) is 2.11. The number of thiol groups is 1. The Labute approximate surface area is 154 Å². The van der Waals surface area contributed by atoms with Crippen molar-refractivity contribution in [3.8, 4) is 0 Å². The zero-order chi connectivity index (χ0) is 18.1. The summed E-state index contributed by atoms with van der Waals surface area (Å²) in [7, 11) is 0. The molecule has 0 saturated carbocycles. The fourth-order valence-electron chi connectivity index (χ4n) is 3.17. The Kier molecular flexibility index (Phi) is 9.43. The van der Waals surface area contributed by atoms with Crippen LogP contribution in [-0.4, -0.2) is 11.5 Å². The molecule has 0 aromatic heterocycles. The average molecular weight is 347 g/mol. The standard InChI is InChI=1S/C22H34OS/c1-6-20(18(5)23)14-21-12-19(13-22(15-24)17(21)4)11-9-7-8-10-16(2)3/h6,12,14,16,22,24H,4,7-11,13,15H2,1-3,5H3/b20-6+,21-14-. The summed E-state index contributed by atoms with van der Waals surface area (Å²) >= 11 is 4.51. The van der Waals surface area contributed by atoms with Crippen LogP contribution >= 0.6 is 12.6 Å². The van der Waals surface area contributed by atoms with Crippen molar-refractivity contribution in [2.24, 2.45) is 11.8 Å². The van der Waals surface area contributed by atoms with Gasteiger partial charge in [-0.05, 0) is 67.9 Å². The van der Waals surface area contributed by atoms with Crippen LogP contribution in [0.4, 0.5) is 0 Å². The van der Waals surface area contributed by atoms with Crippen molar-refractivity contribution in [2.75, 3.05) is 5.75 Å². The van der Waals surface area contributed by atoms with E-state index in [2.05, 4.69) is 39.1 Å². The normalized spacial score (nSPS) is 20.7. The number of carbonyl (C=O) groups excluding carboxylic acids is 1. The van der Waals surface area contributed by atoms with Gasteiger partial charge in [0.1, 0.15) is 0 Å². The summed E-state index contributed by atoms with van der Waals surface area (Å²) in [5, 5.41) is 0. The van der Waals surface area contributed by atoms with E-state index in [1.165, 1.54) is 31.3 Å². The summed E-state index contributed by atoms with van der Waals surface area (Å²) in [6, 6.07) is 0. The minimum Gasteiger partial charge on any atom is -0.295 e. The van der Waals surface area contributed by atoms with E-state index in [1.54, 1.807) is 6.92 Å². The highest BCUT2D eigenvalue weighted by molar-refractivity contribution is 7.80. The van der Waals surface area contributed by atoms with Gasteiger partial charge in [0, 0.05) is 5.57 Å². The van der Waals surface area contributed by atoms with Gasteiger partial charge in [-0.25, -0.2) is 0 Å². The van der Waals surface area contributed by atoms with Gasteiger partial charge in [0.05, 0.1) is 0 Å². The van der Waals surface area contributed by atoms with Gasteiger partial charge in [0.15, 0.2) is 5.78 Å². The molecule has 0 spiro atoms. The van der Waals surface area contributed by atoms with Crippen molar-refractivity contribution in [3.63, 3.8) is 0 Å². The van der Waals surface area contributed by atoms with Crippen LogP contribution in [0.25, 0.3) is 0 Å². The van der Waals surface area contributed by atoms with Gasteiger partial charge in [0.2, 0.25) is 0 Å². The van der Waals surface area contributed by atoms with Gasteiger partial charge >= 0.3 is 0 Å². The lowest BCUT2D eigenvalue weighted by atomic mass is 9.80. The number of hydrogen-bond donors (Lipinski definition) is 1. The molecular weight excluding hydrogens is 312 g/mol. The highest BCUT2D eigenvalue weighted by atomic mass is 32.1. The van der Waals surface area contributed by atoms with Crippen molar-refractivity contribution in [1.29, 1.82) is 0 Å². The first kappa shape index (κ1) is 21.0. The monoisotopic (exact) mass is 346 g/mol. The highest BCUT2D eigenvalue weighted by Gasteiger charge is 2.21. The first-order valence-electron chi connectivity index (χ1n) is 9.27. The molecule has 0 aliphatic heterocycles. The number of Topliss-reactive ketones (excluding diaryl/α,β-unsaturated/α-hetero) is 1. The molecule has 0 fully saturated rings. The Morgan fingerprint density at radius 3 is 2.62 bits per heavy atom. The molecule has 0 aromatic carbocycles. The minimum absolute atomic E-state index is 0.106. The third-order valence-corrected chi connectivity index (χ3v) is 5.20. The number of carbonyl (C=O) groups is 1. The molecule has 2 heteroatoms. The first-order chi connectivity index (χ1) is 11.4. The van der Waals surface area contributed by atoms with Gasteiger partial charge in [-0.3, -0.25) is 4.79 Å². The van der Waals surface area contributed by atoms with E-state index in [9.17, 15) is 4.79 Å². The van der Waals surface area contributed by atoms with Crippen LogP contribution < -0.4 is 0 Å². The average Bonchev–Trinajstić information content (AvgIpc) is 2.53. The zero-order valence-corrected chi connectivity index (χ0v) is 16.8. The molecular formula is C22H34OS. The molecule has 1 aliphatic carbocycles. The minimum atomic E-state index is 0.106. The maximum Gasteiger partial charge on any atom is 0.159 e. The number of ketones is 1. The van der Waals surface area contributed by atoms with E-state index >= 15 is 0 Å². The van der Waals surface area contributed by atoms with Crippen molar-refractivity contribution in [2.45, 2.75) is 66.2 Å². The molecule has 134 valence electrons.